The van der Waals surface area contributed by atoms with Gasteiger partial charge in [0.25, 0.3) is 0 Å². The van der Waals surface area contributed by atoms with E-state index >= 15 is 0 Å². The highest BCUT2D eigenvalue weighted by atomic mass is 16.3. The topological polar surface area (TPSA) is 86.2 Å². The maximum atomic E-state index is 8.92. The van der Waals surface area contributed by atoms with Gasteiger partial charge < -0.3 is 5.73 Å². The Kier molecular flexibility index (Phi) is 8.61. The minimum atomic E-state index is 0.389. The van der Waals surface area contributed by atoms with Gasteiger partial charge in [-0.1, -0.05) is 19.0 Å². The molecule has 0 fully saturated rings. The molecule has 2 rings (SSSR count). The van der Waals surface area contributed by atoms with Gasteiger partial charge in [-0.05, 0) is 26.0 Å². The number of anilines is 1. The Balaban J connectivity index is 0.000000467. The lowest BCUT2D eigenvalue weighted by Gasteiger charge is -1.99. The molecule has 2 aromatic heterocycles. The van der Waals surface area contributed by atoms with Gasteiger partial charge in [-0.2, -0.15) is 4.91 Å². The van der Waals surface area contributed by atoms with Crippen LogP contribution in [-0.4, -0.2) is 21.1 Å². The van der Waals surface area contributed by atoms with Crippen LogP contribution in [0.25, 0.3) is 5.82 Å². The molecule has 0 radical (unpaired) electrons. The van der Waals surface area contributed by atoms with E-state index < -0.39 is 0 Å². The molecule has 19 heavy (non-hydrogen) atoms. The Morgan fingerprint density at radius 2 is 1.95 bits per heavy atom. The molecular formula is C13H21N5O. The molecule has 0 aliphatic carbocycles. The van der Waals surface area contributed by atoms with E-state index in [9.17, 15) is 0 Å². The second kappa shape index (κ2) is 9.76. The molecule has 6 heteroatoms. The van der Waals surface area contributed by atoms with Gasteiger partial charge in [-0.25, -0.2) is 9.97 Å². The van der Waals surface area contributed by atoms with E-state index in [4.69, 9.17) is 10.6 Å². The third kappa shape index (κ3) is 6.30. The molecule has 0 unspecified atom stereocenters. The molecule has 0 saturated heterocycles. The summed E-state index contributed by atoms with van der Waals surface area (Å²) in [5, 5.41) is 2.49. The predicted octanol–water partition coefficient (Wildman–Crippen LogP) is 2.96. The Morgan fingerprint density at radius 3 is 2.32 bits per heavy atom. The predicted molar refractivity (Wildman–Crippen MR) is 78.2 cm³/mol. The normalized spacial score (nSPS) is 8.63. The van der Waals surface area contributed by atoms with Gasteiger partial charge in [-0.15, -0.1) is 0 Å². The van der Waals surface area contributed by atoms with Crippen molar-refractivity contribution in [3.05, 3.63) is 41.5 Å². The van der Waals surface area contributed by atoms with Crippen LogP contribution >= 0.6 is 0 Å². The molecule has 6 nitrogen and oxygen atoms in total. The number of hydrogen-bond acceptors (Lipinski definition) is 5. The van der Waals surface area contributed by atoms with Crippen LogP contribution in [-0.2, 0) is 0 Å². The maximum Gasteiger partial charge on any atom is 0.137 e. The van der Waals surface area contributed by atoms with Crippen LogP contribution < -0.4 is 5.73 Å². The summed E-state index contributed by atoms with van der Waals surface area (Å²) in [5.41, 5.74) is 7.16. The summed E-state index contributed by atoms with van der Waals surface area (Å²) < 4.78 is 1.86. The van der Waals surface area contributed by atoms with E-state index in [0.29, 0.717) is 12.2 Å². The Bertz CT molecular complexity index is 464. The van der Waals surface area contributed by atoms with E-state index in [0.717, 1.165) is 11.5 Å². The van der Waals surface area contributed by atoms with Gasteiger partial charge in [0.05, 0.1) is 24.1 Å². The second-order valence-electron chi connectivity index (χ2n) is 3.32. The summed E-state index contributed by atoms with van der Waals surface area (Å²) in [6, 6.07) is 3.67. The lowest BCUT2D eigenvalue weighted by atomic mass is 10.4. The number of aromatic nitrogens is 3. The average molecular weight is 263 g/mol. The van der Waals surface area contributed by atoms with Crippen LogP contribution in [0.3, 0.4) is 0 Å². The second-order valence-corrected chi connectivity index (χ2v) is 3.32. The van der Waals surface area contributed by atoms with Crippen molar-refractivity contribution in [2.45, 2.75) is 27.7 Å². The van der Waals surface area contributed by atoms with Crippen LogP contribution in [0.5, 0.6) is 0 Å². The highest BCUT2D eigenvalue weighted by Crippen LogP contribution is 2.07. The van der Waals surface area contributed by atoms with Gasteiger partial charge in [0.2, 0.25) is 0 Å². The number of imidazole rings is 1. The molecule has 0 saturated carbocycles. The molecule has 0 bridgehead atoms. The minimum Gasteiger partial charge on any atom is -0.397 e. The Morgan fingerprint density at radius 1 is 1.32 bits per heavy atom. The van der Waals surface area contributed by atoms with E-state index in [1.807, 2.05) is 43.7 Å². The van der Waals surface area contributed by atoms with Crippen LogP contribution in [0.1, 0.15) is 26.5 Å². The quantitative estimate of drug-likeness (QED) is 0.844. The number of rotatable bonds is 2. The van der Waals surface area contributed by atoms with Crippen LogP contribution in [0.4, 0.5) is 5.69 Å². The zero-order chi connectivity index (χ0) is 14.7. The fourth-order valence-electron chi connectivity index (χ4n) is 1.10. The molecule has 0 aliphatic heterocycles. The molecule has 0 aliphatic rings. The third-order valence-corrected chi connectivity index (χ3v) is 1.88. The van der Waals surface area contributed by atoms with Crippen molar-refractivity contribution in [1.29, 1.82) is 0 Å². The van der Waals surface area contributed by atoms with Gasteiger partial charge in [0.15, 0.2) is 0 Å². The summed E-state index contributed by atoms with van der Waals surface area (Å²) in [4.78, 5) is 17.2. The summed E-state index contributed by atoms with van der Waals surface area (Å²) in [5.74, 6) is 0.829. The summed E-state index contributed by atoms with van der Waals surface area (Å²) in [6.45, 7) is 8.03. The lowest BCUT2D eigenvalue weighted by molar-refractivity contribution is 0.994. The maximum absolute atomic E-state index is 8.92. The Hall–Kier alpha value is -2.24. The molecule has 0 atom stereocenters. The monoisotopic (exact) mass is 263 g/mol. The largest absolute Gasteiger partial charge is 0.397 e. The molecular weight excluding hydrogens is 242 g/mol. The average Bonchev–Trinajstić information content (AvgIpc) is 2.89. The summed E-state index contributed by atoms with van der Waals surface area (Å²) in [7, 11) is 0. The first-order chi connectivity index (χ1) is 9.17. The number of pyridine rings is 1. The fraction of sp³-hybridized carbons (Fsp3) is 0.385. The van der Waals surface area contributed by atoms with Crippen molar-refractivity contribution in [3.63, 3.8) is 0 Å². The van der Waals surface area contributed by atoms with Crippen molar-refractivity contribution in [3.8, 4) is 5.82 Å². The molecule has 104 valence electrons. The zero-order valence-corrected chi connectivity index (χ0v) is 11.9. The van der Waals surface area contributed by atoms with Gasteiger partial charge in [0.1, 0.15) is 12.1 Å². The first-order valence-electron chi connectivity index (χ1n) is 6.19. The fourth-order valence-corrected chi connectivity index (χ4v) is 1.10. The third-order valence-electron chi connectivity index (χ3n) is 1.88. The molecule has 0 aromatic carbocycles. The molecule has 0 spiro atoms. The van der Waals surface area contributed by atoms with Crippen molar-refractivity contribution < 1.29 is 0 Å². The highest BCUT2D eigenvalue weighted by Gasteiger charge is 1.97. The SMILES string of the molecule is CC.CCN=O.Cc1cn(-c2ccc(N)cn2)cn1. The van der Waals surface area contributed by atoms with Crippen LogP contribution in [0, 0.1) is 11.8 Å². The van der Waals surface area contributed by atoms with Gasteiger partial charge in [-0.3, -0.25) is 4.57 Å². The van der Waals surface area contributed by atoms with Crippen molar-refractivity contribution in [2.24, 2.45) is 5.18 Å². The highest BCUT2D eigenvalue weighted by molar-refractivity contribution is 5.38. The smallest absolute Gasteiger partial charge is 0.137 e. The number of nitrogens with zero attached hydrogens (tertiary/aromatic N) is 4. The first-order valence-corrected chi connectivity index (χ1v) is 6.19. The van der Waals surface area contributed by atoms with Crippen LogP contribution in [0.2, 0.25) is 0 Å². The molecule has 2 N–H and O–H groups in total. The van der Waals surface area contributed by atoms with E-state index in [1.165, 1.54) is 0 Å². The molecule has 2 heterocycles. The Labute approximate surface area is 113 Å². The standard InChI is InChI=1S/C9H10N4.C2H5NO.C2H6/c1-7-5-13(6-12-7)9-3-2-8(10)4-11-9;1-2-3-4;1-2/h2-6H,10H2,1H3;2H2,1H3;1-2H3. The number of nitrogen functional groups attached to an aromatic ring is 1. The van der Waals surface area contributed by atoms with Gasteiger partial charge in [0, 0.05) is 6.20 Å². The number of nitroso groups, excluding NO2 is 1. The molecule has 0 amide bonds. The van der Waals surface area contributed by atoms with Crippen molar-refractivity contribution >= 4 is 5.69 Å². The number of aryl methyl sites for hydroxylation is 1. The first kappa shape index (κ1) is 16.8. The summed E-state index contributed by atoms with van der Waals surface area (Å²) in [6.07, 6.45) is 5.27. The zero-order valence-electron chi connectivity index (χ0n) is 11.9. The minimum absolute atomic E-state index is 0.389. The van der Waals surface area contributed by atoms with E-state index in [-0.39, 0.29) is 0 Å². The number of nitrogens with two attached hydrogens (primary N) is 1. The lowest BCUT2D eigenvalue weighted by Crippen LogP contribution is -1.94. The van der Waals surface area contributed by atoms with E-state index in [2.05, 4.69) is 15.1 Å². The molecule has 2 aromatic rings. The number of hydrogen-bond donors (Lipinski definition) is 1. The van der Waals surface area contributed by atoms with Gasteiger partial charge >= 0.3 is 0 Å². The van der Waals surface area contributed by atoms with Crippen LogP contribution in [0.15, 0.2) is 36.0 Å². The van der Waals surface area contributed by atoms with E-state index in [1.54, 1.807) is 19.4 Å². The summed E-state index contributed by atoms with van der Waals surface area (Å²) >= 11 is 0. The van der Waals surface area contributed by atoms with Crippen molar-refractivity contribution in [2.75, 3.05) is 12.3 Å². The van der Waals surface area contributed by atoms with Crippen molar-refractivity contribution in [1.82, 2.24) is 14.5 Å².